The van der Waals surface area contributed by atoms with Crippen molar-refractivity contribution in [2.45, 2.75) is 19.9 Å². The first-order chi connectivity index (χ1) is 8.16. The molecule has 1 aromatic heterocycles. The van der Waals surface area contributed by atoms with E-state index >= 15 is 0 Å². The predicted molar refractivity (Wildman–Crippen MR) is 60.2 cm³/mol. The molecule has 17 heavy (non-hydrogen) atoms. The summed E-state index contributed by atoms with van der Waals surface area (Å²) in [5.41, 5.74) is 2.03. The number of nitrogens with zero attached hydrogens (tertiary/aromatic N) is 4. The Labute approximate surface area is 97.9 Å². The zero-order valence-corrected chi connectivity index (χ0v) is 9.37. The average Bonchev–Trinajstić information content (AvgIpc) is 2.75. The molecule has 6 heteroatoms. The van der Waals surface area contributed by atoms with Crippen molar-refractivity contribution in [3.8, 4) is 11.4 Å². The van der Waals surface area contributed by atoms with Gasteiger partial charge in [-0.05, 0) is 17.4 Å². The topological polar surface area (TPSA) is 80.9 Å². The van der Waals surface area contributed by atoms with Gasteiger partial charge in [0.1, 0.15) is 0 Å². The fourth-order valence-corrected chi connectivity index (χ4v) is 1.47. The highest BCUT2D eigenvalue weighted by molar-refractivity contribution is 5.66. The van der Waals surface area contributed by atoms with Crippen LogP contribution >= 0.6 is 0 Å². The summed E-state index contributed by atoms with van der Waals surface area (Å²) >= 11 is 0. The lowest BCUT2D eigenvalue weighted by Crippen LogP contribution is -2.07. The molecule has 2 rings (SSSR count). The van der Waals surface area contributed by atoms with Gasteiger partial charge in [0.2, 0.25) is 0 Å². The fraction of sp³-hybridized carbons (Fsp3) is 0.273. The van der Waals surface area contributed by atoms with Crippen molar-refractivity contribution in [2.75, 3.05) is 0 Å². The monoisotopic (exact) mass is 232 g/mol. The van der Waals surface area contributed by atoms with E-state index in [0.717, 1.165) is 11.1 Å². The molecule has 0 fully saturated rings. The quantitative estimate of drug-likeness (QED) is 0.854. The van der Waals surface area contributed by atoms with Crippen LogP contribution in [0, 0.1) is 6.92 Å². The fourth-order valence-electron chi connectivity index (χ4n) is 1.47. The first-order valence-electron chi connectivity index (χ1n) is 5.22. The smallest absolute Gasteiger partial charge is 0.305 e. The molecule has 0 amide bonds. The lowest BCUT2D eigenvalue weighted by Gasteiger charge is -2.03. The standard InChI is InChI=1S/C11H12N4O2/c1-8-2-4-9(5-3-8)11-12-13-14-15(11)7-6-10(16)17/h2-5H,6-7H2,1H3,(H,16,17). The van der Waals surface area contributed by atoms with Crippen molar-refractivity contribution in [1.82, 2.24) is 20.2 Å². The summed E-state index contributed by atoms with van der Waals surface area (Å²) in [6, 6.07) is 7.76. The van der Waals surface area contributed by atoms with E-state index in [9.17, 15) is 4.79 Å². The third kappa shape index (κ3) is 2.66. The van der Waals surface area contributed by atoms with Crippen LogP contribution in [0.15, 0.2) is 24.3 Å². The second-order valence-corrected chi connectivity index (χ2v) is 3.74. The molecule has 0 aliphatic carbocycles. The van der Waals surface area contributed by atoms with Gasteiger partial charge < -0.3 is 5.11 Å². The molecule has 0 atom stereocenters. The van der Waals surface area contributed by atoms with Gasteiger partial charge >= 0.3 is 5.97 Å². The molecular weight excluding hydrogens is 220 g/mol. The Balaban J connectivity index is 2.24. The van der Waals surface area contributed by atoms with Gasteiger partial charge in [-0.2, -0.15) is 0 Å². The molecule has 0 unspecified atom stereocenters. The van der Waals surface area contributed by atoms with Crippen LogP contribution in [-0.2, 0) is 11.3 Å². The lowest BCUT2D eigenvalue weighted by molar-refractivity contribution is -0.137. The molecule has 0 saturated carbocycles. The van der Waals surface area contributed by atoms with Crippen LogP contribution in [0.4, 0.5) is 0 Å². The normalized spacial score (nSPS) is 10.4. The number of hydrogen-bond donors (Lipinski definition) is 1. The Morgan fingerprint density at radius 3 is 2.71 bits per heavy atom. The van der Waals surface area contributed by atoms with Gasteiger partial charge in [-0.1, -0.05) is 29.8 Å². The van der Waals surface area contributed by atoms with Crippen LogP contribution in [0.1, 0.15) is 12.0 Å². The Bertz CT molecular complexity index is 519. The number of carboxylic acid groups (broad SMARTS) is 1. The number of aryl methyl sites for hydroxylation is 2. The van der Waals surface area contributed by atoms with E-state index in [1.165, 1.54) is 4.68 Å². The van der Waals surface area contributed by atoms with E-state index in [1.807, 2.05) is 31.2 Å². The third-order valence-corrected chi connectivity index (χ3v) is 2.38. The maximum absolute atomic E-state index is 10.5. The number of carbonyl (C=O) groups is 1. The van der Waals surface area contributed by atoms with Gasteiger partial charge in [0.25, 0.3) is 0 Å². The largest absolute Gasteiger partial charge is 0.481 e. The molecule has 0 bridgehead atoms. The highest BCUT2D eigenvalue weighted by Gasteiger charge is 2.09. The van der Waals surface area contributed by atoms with Crippen LogP contribution in [0.2, 0.25) is 0 Å². The molecule has 0 saturated heterocycles. The SMILES string of the molecule is Cc1ccc(-c2nnnn2CCC(=O)O)cc1. The maximum Gasteiger partial charge on any atom is 0.305 e. The minimum absolute atomic E-state index is 0.00387. The predicted octanol–water partition coefficient (Wildman–Crippen LogP) is 1.12. The number of carboxylic acids is 1. The Kier molecular flexibility index (Phi) is 3.13. The summed E-state index contributed by atoms with van der Waals surface area (Å²) in [6.45, 7) is 2.27. The van der Waals surface area contributed by atoms with Crippen molar-refractivity contribution in [1.29, 1.82) is 0 Å². The van der Waals surface area contributed by atoms with Crippen molar-refractivity contribution >= 4 is 5.97 Å². The molecule has 1 N–H and O–H groups in total. The molecule has 6 nitrogen and oxygen atoms in total. The van der Waals surface area contributed by atoms with Gasteiger partial charge in [0.15, 0.2) is 5.82 Å². The first-order valence-corrected chi connectivity index (χ1v) is 5.22. The van der Waals surface area contributed by atoms with E-state index in [4.69, 9.17) is 5.11 Å². The number of tetrazole rings is 1. The van der Waals surface area contributed by atoms with Gasteiger partial charge in [0, 0.05) is 5.56 Å². The molecule has 88 valence electrons. The zero-order chi connectivity index (χ0) is 12.3. The molecule has 0 aliphatic heterocycles. The first kappa shape index (κ1) is 11.3. The Morgan fingerprint density at radius 2 is 2.06 bits per heavy atom. The number of hydrogen-bond acceptors (Lipinski definition) is 4. The summed E-state index contributed by atoms with van der Waals surface area (Å²) < 4.78 is 1.50. The molecule has 1 aromatic carbocycles. The minimum atomic E-state index is -0.865. The molecule has 0 aliphatic rings. The van der Waals surface area contributed by atoms with Gasteiger partial charge in [-0.15, -0.1) is 5.10 Å². The summed E-state index contributed by atoms with van der Waals surface area (Å²) in [5.74, 6) is -0.276. The average molecular weight is 232 g/mol. The number of aromatic nitrogens is 4. The maximum atomic E-state index is 10.5. The highest BCUT2D eigenvalue weighted by atomic mass is 16.4. The van der Waals surface area contributed by atoms with Gasteiger partial charge in [0.05, 0.1) is 13.0 Å². The van der Waals surface area contributed by atoms with Crippen molar-refractivity contribution < 1.29 is 9.90 Å². The highest BCUT2D eigenvalue weighted by Crippen LogP contribution is 2.16. The van der Waals surface area contributed by atoms with Crippen molar-refractivity contribution in [3.63, 3.8) is 0 Å². The van der Waals surface area contributed by atoms with Crippen molar-refractivity contribution in [2.24, 2.45) is 0 Å². The van der Waals surface area contributed by atoms with E-state index in [2.05, 4.69) is 15.5 Å². The molecule has 0 spiro atoms. The van der Waals surface area contributed by atoms with Crippen molar-refractivity contribution in [3.05, 3.63) is 29.8 Å². The van der Waals surface area contributed by atoms with Gasteiger partial charge in [-0.3, -0.25) is 4.79 Å². The van der Waals surface area contributed by atoms with E-state index in [-0.39, 0.29) is 13.0 Å². The summed E-state index contributed by atoms with van der Waals surface area (Å²) in [6.07, 6.45) is 0.00387. The summed E-state index contributed by atoms with van der Waals surface area (Å²) in [4.78, 5) is 10.5. The summed E-state index contributed by atoms with van der Waals surface area (Å²) in [7, 11) is 0. The third-order valence-electron chi connectivity index (χ3n) is 2.38. The van der Waals surface area contributed by atoms with Crippen LogP contribution in [0.3, 0.4) is 0 Å². The summed E-state index contributed by atoms with van der Waals surface area (Å²) in [5, 5.41) is 19.9. The van der Waals surface area contributed by atoms with Crippen LogP contribution in [0.5, 0.6) is 0 Å². The lowest BCUT2D eigenvalue weighted by atomic mass is 10.1. The van der Waals surface area contributed by atoms with E-state index < -0.39 is 5.97 Å². The molecule has 2 aromatic rings. The second kappa shape index (κ2) is 4.73. The minimum Gasteiger partial charge on any atom is -0.481 e. The Morgan fingerprint density at radius 1 is 1.35 bits per heavy atom. The molecule has 0 radical (unpaired) electrons. The number of benzene rings is 1. The van der Waals surface area contributed by atoms with Crippen LogP contribution in [0.25, 0.3) is 11.4 Å². The van der Waals surface area contributed by atoms with Crippen LogP contribution in [-0.4, -0.2) is 31.3 Å². The molecular formula is C11H12N4O2. The van der Waals surface area contributed by atoms with E-state index in [0.29, 0.717) is 5.82 Å². The van der Waals surface area contributed by atoms with E-state index in [1.54, 1.807) is 0 Å². The number of rotatable bonds is 4. The van der Waals surface area contributed by atoms with Gasteiger partial charge in [-0.25, -0.2) is 4.68 Å². The second-order valence-electron chi connectivity index (χ2n) is 3.74. The number of aliphatic carboxylic acids is 1. The Hall–Kier alpha value is -2.24. The zero-order valence-electron chi connectivity index (χ0n) is 9.37. The molecule has 1 heterocycles. The van der Waals surface area contributed by atoms with Crippen LogP contribution < -0.4 is 0 Å².